The first-order valence-electron chi connectivity index (χ1n) is 6.80. The van der Waals surface area contributed by atoms with E-state index in [0.717, 1.165) is 15.7 Å². The molecule has 6 nitrogen and oxygen atoms in total. The maximum atomic E-state index is 12.3. The van der Waals surface area contributed by atoms with E-state index in [4.69, 9.17) is 10.5 Å². The molecular weight excluding hydrogens is 338 g/mol. The first-order valence-corrected chi connectivity index (χ1v) is 7.59. The smallest absolute Gasteiger partial charge is 0.249 e. The van der Waals surface area contributed by atoms with Gasteiger partial charge in [-0.1, -0.05) is 15.9 Å². The van der Waals surface area contributed by atoms with Crippen molar-refractivity contribution in [2.24, 2.45) is 5.73 Å². The van der Waals surface area contributed by atoms with Crippen molar-refractivity contribution in [3.63, 3.8) is 0 Å². The summed E-state index contributed by atoms with van der Waals surface area (Å²) in [6, 6.07) is 4.79. The van der Waals surface area contributed by atoms with Gasteiger partial charge in [0, 0.05) is 28.8 Å². The number of halogens is 1. The van der Waals surface area contributed by atoms with Crippen LogP contribution >= 0.6 is 15.9 Å². The SMILES string of the molecule is NC1C(=O)N(CC(=O)N2CCOCC2)c2ccc(Br)cc21. The highest BCUT2D eigenvalue weighted by Crippen LogP contribution is 2.36. The molecule has 0 spiro atoms. The summed E-state index contributed by atoms with van der Waals surface area (Å²) in [5.41, 5.74) is 7.42. The number of anilines is 1. The molecule has 3 rings (SSSR count). The van der Waals surface area contributed by atoms with Crippen molar-refractivity contribution in [2.75, 3.05) is 37.7 Å². The van der Waals surface area contributed by atoms with Crippen molar-refractivity contribution in [3.05, 3.63) is 28.2 Å². The number of carbonyl (C=O) groups excluding carboxylic acids is 2. The second-order valence-corrected chi connectivity index (χ2v) is 6.01. The highest BCUT2D eigenvalue weighted by molar-refractivity contribution is 9.10. The summed E-state index contributed by atoms with van der Waals surface area (Å²) >= 11 is 3.37. The lowest BCUT2D eigenvalue weighted by Crippen LogP contribution is -2.47. The molecule has 1 fully saturated rings. The van der Waals surface area contributed by atoms with Gasteiger partial charge in [0.05, 0.1) is 13.2 Å². The van der Waals surface area contributed by atoms with Gasteiger partial charge >= 0.3 is 0 Å². The lowest BCUT2D eigenvalue weighted by molar-refractivity contribution is -0.135. The Morgan fingerprint density at radius 2 is 2.10 bits per heavy atom. The van der Waals surface area contributed by atoms with E-state index in [1.807, 2.05) is 18.2 Å². The molecule has 1 atom stereocenters. The number of hydrogen-bond acceptors (Lipinski definition) is 4. The Morgan fingerprint density at radius 1 is 1.38 bits per heavy atom. The molecule has 21 heavy (non-hydrogen) atoms. The van der Waals surface area contributed by atoms with Crippen LogP contribution in [0.1, 0.15) is 11.6 Å². The van der Waals surface area contributed by atoms with Gasteiger partial charge in [-0.3, -0.25) is 9.59 Å². The molecule has 1 aromatic carbocycles. The monoisotopic (exact) mass is 353 g/mol. The number of benzene rings is 1. The van der Waals surface area contributed by atoms with Crippen molar-refractivity contribution in [2.45, 2.75) is 6.04 Å². The van der Waals surface area contributed by atoms with Crippen LogP contribution in [0.5, 0.6) is 0 Å². The predicted octanol–water partition coefficient (Wildman–Crippen LogP) is 0.654. The number of hydrogen-bond donors (Lipinski definition) is 1. The van der Waals surface area contributed by atoms with Gasteiger partial charge in [0.2, 0.25) is 11.8 Å². The molecule has 7 heteroatoms. The van der Waals surface area contributed by atoms with Crippen molar-refractivity contribution < 1.29 is 14.3 Å². The van der Waals surface area contributed by atoms with Crippen molar-refractivity contribution in [3.8, 4) is 0 Å². The molecule has 2 heterocycles. The van der Waals surface area contributed by atoms with Crippen LogP contribution in [0.15, 0.2) is 22.7 Å². The quantitative estimate of drug-likeness (QED) is 0.847. The van der Waals surface area contributed by atoms with Gasteiger partial charge < -0.3 is 20.3 Å². The van der Waals surface area contributed by atoms with Crippen LogP contribution in [0.25, 0.3) is 0 Å². The molecule has 0 aromatic heterocycles. The zero-order valence-corrected chi connectivity index (χ0v) is 13.0. The minimum atomic E-state index is -0.699. The van der Waals surface area contributed by atoms with E-state index in [9.17, 15) is 9.59 Å². The summed E-state index contributed by atoms with van der Waals surface area (Å²) < 4.78 is 6.09. The molecule has 2 aliphatic rings. The van der Waals surface area contributed by atoms with Gasteiger partial charge in [0.15, 0.2) is 0 Å². The minimum absolute atomic E-state index is 0.0289. The molecule has 1 aromatic rings. The minimum Gasteiger partial charge on any atom is -0.378 e. The first kappa shape index (κ1) is 14.5. The zero-order chi connectivity index (χ0) is 15.0. The van der Waals surface area contributed by atoms with E-state index in [0.29, 0.717) is 26.3 Å². The van der Waals surface area contributed by atoms with E-state index in [1.165, 1.54) is 4.90 Å². The summed E-state index contributed by atoms with van der Waals surface area (Å²) in [5.74, 6) is -0.306. The van der Waals surface area contributed by atoms with Crippen LogP contribution < -0.4 is 10.6 Å². The summed E-state index contributed by atoms with van der Waals surface area (Å²) in [6.07, 6.45) is 0. The number of nitrogens with zero attached hydrogens (tertiary/aromatic N) is 2. The number of rotatable bonds is 2. The number of nitrogens with two attached hydrogens (primary N) is 1. The second-order valence-electron chi connectivity index (χ2n) is 5.10. The molecule has 2 N–H and O–H groups in total. The van der Waals surface area contributed by atoms with Gasteiger partial charge in [-0.05, 0) is 18.2 Å². The van der Waals surface area contributed by atoms with Gasteiger partial charge in [-0.2, -0.15) is 0 Å². The Morgan fingerprint density at radius 3 is 2.81 bits per heavy atom. The highest BCUT2D eigenvalue weighted by atomic mass is 79.9. The lowest BCUT2D eigenvalue weighted by Gasteiger charge is -2.28. The van der Waals surface area contributed by atoms with E-state index in [1.54, 1.807) is 4.90 Å². The average molecular weight is 354 g/mol. The molecule has 2 amide bonds. The number of fused-ring (bicyclic) bond motifs is 1. The molecule has 0 bridgehead atoms. The van der Waals surface area contributed by atoms with Crippen molar-refractivity contribution in [1.82, 2.24) is 4.90 Å². The molecule has 2 aliphatic heterocycles. The van der Waals surface area contributed by atoms with Gasteiger partial charge in [-0.25, -0.2) is 0 Å². The predicted molar refractivity (Wildman–Crippen MR) is 80.8 cm³/mol. The van der Waals surface area contributed by atoms with E-state index in [2.05, 4.69) is 15.9 Å². The molecular formula is C14H16BrN3O3. The number of carbonyl (C=O) groups is 2. The van der Waals surface area contributed by atoms with Crippen molar-refractivity contribution in [1.29, 1.82) is 0 Å². The Kier molecular flexibility index (Phi) is 3.97. The number of amides is 2. The summed E-state index contributed by atoms with van der Waals surface area (Å²) in [5, 5.41) is 0. The highest BCUT2D eigenvalue weighted by Gasteiger charge is 2.36. The van der Waals surface area contributed by atoms with Crippen LogP contribution in [0, 0.1) is 0 Å². The molecule has 0 aliphatic carbocycles. The largest absolute Gasteiger partial charge is 0.378 e. The third-order valence-corrected chi connectivity index (χ3v) is 4.30. The molecule has 1 unspecified atom stereocenters. The fraction of sp³-hybridized carbons (Fsp3) is 0.429. The Labute approximate surface area is 131 Å². The van der Waals surface area contributed by atoms with Crippen LogP contribution in [-0.4, -0.2) is 49.6 Å². The number of ether oxygens (including phenoxy) is 1. The topological polar surface area (TPSA) is 75.9 Å². The first-order chi connectivity index (χ1) is 10.1. The summed E-state index contributed by atoms with van der Waals surface area (Å²) in [6.45, 7) is 2.26. The van der Waals surface area contributed by atoms with E-state index < -0.39 is 6.04 Å². The van der Waals surface area contributed by atoms with E-state index >= 15 is 0 Å². The van der Waals surface area contributed by atoms with Crippen LogP contribution in [-0.2, 0) is 14.3 Å². The third kappa shape index (κ3) is 2.68. The zero-order valence-electron chi connectivity index (χ0n) is 11.4. The summed E-state index contributed by atoms with van der Waals surface area (Å²) in [7, 11) is 0. The van der Waals surface area contributed by atoms with Gasteiger partial charge in [-0.15, -0.1) is 0 Å². The molecule has 0 radical (unpaired) electrons. The van der Waals surface area contributed by atoms with E-state index in [-0.39, 0.29) is 18.4 Å². The number of morpholine rings is 1. The van der Waals surface area contributed by atoms with Crippen LogP contribution in [0.2, 0.25) is 0 Å². The van der Waals surface area contributed by atoms with Crippen molar-refractivity contribution >= 4 is 33.4 Å². The lowest BCUT2D eigenvalue weighted by atomic mass is 10.1. The van der Waals surface area contributed by atoms with Gasteiger partial charge in [0.1, 0.15) is 12.6 Å². The second kappa shape index (κ2) is 5.75. The summed E-state index contributed by atoms with van der Waals surface area (Å²) in [4.78, 5) is 27.8. The Hall–Kier alpha value is -1.44. The standard InChI is InChI=1S/C14H16BrN3O3/c15-9-1-2-11-10(7-9)13(16)14(20)18(11)8-12(19)17-3-5-21-6-4-17/h1-2,7,13H,3-6,8,16H2. The maximum absolute atomic E-state index is 12.3. The maximum Gasteiger partial charge on any atom is 0.249 e. The molecule has 0 saturated carbocycles. The third-order valence-electron chi connectivity index (χ3n) is 3.80. The molecule has 112 valence electrons. The Balaban J connectivity index is 1.80. The normalized spacial score (nSPS) is 21.6. The van der Waals surface area contributed by atoms with Crippen LogP contribution in [0.3, 0.4) is 0 Å². The Bertz CT molecular complexity index is 587. The van der Waals surface area contributed by atoms with Crippen LogP contribution in [0.4, 0.5) is 5.69 Å². The fourth-order valence-corrected chi connectivity index (χ4v) is 3.03. The fourth-order valence-electron chi connectivity index (χ4n) is 2.65. The van der Waals surface area contributed by atoms with Gasteiger partial charge in [0.25, 0.3) is 0 Å². The molecule has 1 saturated heterocycles. The average Bonchev–Trinajstić information content (AvgIpc) is 2.73.